The molecule has 1 saturated heterocycles. The van der Waals surface area contributed by atoms with Crippen LogP contribution in [-0.2, 0) is 29.1 Å². The maximum absolute atomic E-state index is 14.3. The number of rotatable bonds is 7. The third kappa shape index (κ3) is 9.09. The molecule has 5 amide bonds. The Bertz CT molecular complexity index is 1840. The molecule has 0 bridgehead atoms. The molecular formula is C37H50N6O8S. The molecule has 2 aromatic rings. The number of sulfonamides is 1. The fourth-order valence-electron chi connectivity index (χ4n) is 6.68. The highest BCUT2D eigenvalue weighted by atomic mass is 32.2. The molecule has 282 valence electrons. The van der Waals surface area contributed by atoms with Gasteiger partial charge in [0.25, 0.3) is 11.8 Å². The highest BCUT2D eigenvalue weighted by molar-refractivity contribution is 7.90. The summed E-state index contributed by atoms with van der Waals surface area (Å²) in [6, 6.07) is 6.21. The standard InChI is InChI=1S/C37H50N6O8S/c1-6-23(2)52(49,50)42-34(47)37-20-26(37)15-10-8-7-9-11-17-29(40-35(48)51-36(3,4)5)33(46)43-22-27(19-30(43)32(45)41-37)39-31(44)25-18-24-14-12-13-16-28(24)38-21-25/h10,12-16,18,21,23,26-27,29-30H,6-9,11,17,19-20,22H2,1-5H3,(H,39,44)(H,40,48)(H,41,45)(H,42,47)/b15-10-/t23?,26-,27-,29+,30+,37-/m1/s1. The highest BCUT2D eigenvalue weighted by Crippen LogP contribution is 2.45. The van der Waals surface area contributed by atoms with E-state index in [0.717, 1.165) is 23.7 Å². The zero-order valence-corrected chi connectivity index (χ0v) is 31.3. The Morgan fingerprint density at radius 1 is 1.12 bits per heavy atom. The Labute approximate surface area is 304 Å². The van der Waals surface area contributed by atoms with E-state index >= 15 is 0 Å². The number of hydrogen-bond acceptors (Lipinski definition) is 9. The Morgan fingerprint density at radius 3 is 2.60 bits per heavy atom. The molecule has 4 N–H and O–H groups in total. The number of amides is 5. The molecule has 2 aliphatic heterocycles. The first-order valence-electron chi connectivity index (χ1n) is 18.0. The van der Waals surface area contributed by atoms with Gasteiger partial charge in [-0.1, -0.05) is 50.1 Å². The topological polar surface area (TPSA) is 193 Å². The molecule has 2 fully saturated rings. The van der Waals surface area contributed by atoms with Gasteiger partial charge < -0.3 is 25.6 Å². The summed E-state index contributed by atoms with van der Waals surface area (Å²) in [6.07, 6.45) is 7.98. The van der Waals surface area contributed by atoms with E-state index in [2.05, 4.69) is 25.7 Å². The molecular weight excluding hydrogens is 689 g/mol. The lowest BCUT2D eigenvalue weighted by molar-refractivity contribution is -0.141. The molecule has 1 aliphatic carbocycles. The van der Waals surface area contributed by atoms with Crippen molar-refractivity contribution in [2.24, 2.45) is 5.92 Å². The molecule has 52 heavy (non-hydrogen) atoms. The lowest BCUT2D eigenvalue weighted by Crippen LogP contribution is -2.58. The molecule has 1 saturated carbocycles. The number of ether oxygens (including phenoxy) is 1. The SMILES string of the molecule is CCC(C)S(=O)(=O)NC(=O)[C@@]12C[C@H]1/C=C\CCCCC[C@H](NC(=O)OC(C)(C)C)C(=O)N1C[C@H](NC(=O)c3cnc4ccccc4c3)C[C@H]1C(=O)N2. The van der Waals surface area contributed by atoms with E-state index in [4.69, 9.17) is 4.74 Å². The quantitative estimate of drug-likeness (QED) is 0.308. The molecule has 3 heterocycles. The molecule has 0 radical (unpaired) electrons. The molecule has 15 heteroatoms. The van der Waals surface area contributed by atoms with Crippen LogP contribution in [0.4, 0.5) is 4.79 Å². The van der Waals surface area contributed by atoms with Gasteiger partial charge in [-0.25, -0.2) is 13.2 Å². The summed E-state index contributed by atoms with van der Waals surface area (Å²) in [7, 11) is -4.02. The van der Waals surface area contributed by atoms with Crippen LogP contribution in [0.5, 0.6) is 0 Å². The Balaban J connectivity index is 1.44. The number of allylic oxidation sites excluding steroid dienone is 1. The molecule has 1 aromatic carbocycles. The summed E-state index contributed by atoms with van der Waals surface area (Å²) < 4.78 is 33.5. The average molecular weight is 739 g/mol. The van der Waals surface area contributed by atoms with Crippen LogP contribution < -0.4 is 20.7 Å². The summed E-state index contributed by atoms with van der Waals surface area (Å²) in [4.78, 5) is 74.4. The summed E-state index contributed by atoms with van der Waals surface area (Å²) in [6.45, 7) is 8.28. The van der Waals surface area contributed by atoms with Gasteiger partial charge in [-0.15, -0.1) is 0 Å². The van der Waals surface area contributed by atoms with E-state index < -0.39 is 80.2 Å². The Morgan fingerprint density at radius 2 is 1.87 bits per heavy atom. The van der Waals surface area contributed by atoms with Gasteiger partial charge in [0.1, 0.15) is 23.2 Å². The van der Waals surface area contributed by atoms with E-state index in [-0.39, 0.29) is 32.2 Å². The number of nitrogens with zero attached hydrogens (tertiary/aromatic N) is 2. The van der Waals surface area contributed by atoms with E-state index in [1.165, 1.54) is 18.0 Å². The summed E-state index contributed by atoms with van der Waals surface area (Å²) in [5.74, 6) is -2.95. The van der Waals surface area contributed by atoms with Crippen LogP contribution in [0.25, 0.3) is 10.9 Å². The second-order valence-electron chi connectivity index (χ2n) is 15.1. The highest BCUT2D eigenvalue weighted by Gasteiger charge is 2.61. The number of nitrogens with one attached hydrogen (secondary N) is 4. The van der Waals surface area contributed by atoms with Crippen molar-refractivity contribution in [1.82, 2.24) is 30.6 Å². The summed E-state index contributed by atoms with van der Waals surface area (Å²) >= 11 is 0. The van der Waals surface area contributed by atoms with Gasteiger partial charge in [0, 0.05) is 30.1 Å². The minimum absolute atomic E-state index is 0.00680. The number of aromatic nitrogens is 1. The van der Waals surface area contributed by atoms with Gasteiger partial charge >= 0.3 is 6.09 Å². The zero-order valence-electron chi connectivity index (χ0n) is 30.4. The first kappa shape index (κ1) is 38.7. The van der Waals surface area contributed by atoms with Crippen LogP contribution in [-0.4, -0.2) is 89.1 Å². The number of benzene rings is 1. The van der Waals surface area contributed by atoms with Crippen LogP contribution >= 0.6 is 0 Å². The van der Waals surface area contributed by atoms with Crippen molar-refractivity contribution in [3.8, 4) is 0 Å². The predicted molar refractivity (Wildman–Crippen MR) is 194 cm³/mol. The van der Waals surface area contributed by atoms with Crippen LogP contribution in [0.3, 0.4) is 0 Å². The fraction of sp³-hybridized carbons (Fsp3) is 0.568. The van der Waals surface area contributed by atoms with Gasteiger partial charge in [-0.2, -0.15) is 0 Å². The normalized spacial score (nSPS) is 26.8. The van der Waals surface area contributed by atoms with Crippen LogP contribution in [0.15, 0.2) is 48.7 Å². The van der Waals surface area contributed by atoms with Gasteiger partial charge in [-0.05, 0) is 78.4 Å². The van der Waals surface area contributed by atoms with Crippen molar-refractivity contribution in [3.63, 3.8) is 0 Å². The average Bonchev–Trinajstić information content (AvgIpc) is 3.62. The minimum Gasteiger partial charge on any atom is -0.444 e. The second-order valence-corrected chi connectivity index (χ2v) is 17.2. The molecule has 1 unspecified atom stereocenters. The van der Waals surface area contributed by atoms with Gasteiger partial charge in [0.15, 0.2) is 0 Å². The zero-order chi connectivity index (χ0) is 37.8. The predicted octanol–water partition coefficient (Wildman–Crippen LogP) is 3.47. The van der Waals surface area contributed by atoms with Gasteiger partial charge in [-0.3, -0.25) is 28.9 Å². The molecule has 3 aliphatic rings. The lowest BCUT2D eigenvalue weighted by Gasteiger charge is -2.30. The molecule has 5 rings (SSSR count). The van der Waals surface area contributed by atoms with Crippen molar-refractivity contribution in [3.05, 3.63) is 54.2 Å². The molecule has 14 nitrogen and oxygen atoms in total. The summed E-state index contributed by atoms with van der Waals surface area (Å²) in [5.41, 5.74) is -1.34. The third-order valence-corrected chi connectivity index (χ3v) is 11.8. The maximum Gasteiger partial charge on any atom is 0.408 e. The molecule has 0 spiro atoms. The Hall–Kier alpha value is -4.53. The van der Waals surface area contributed by atoms with E-state index in [1.807, 2.05) is 36.4 Å². The Kier molecular flexibility index (Phi) is 11.6. The number of carbonyl (C=O) groups is 5. The largest absolute Gasteiger partial charge is 0.444 e. The molecule has 1 aromatic heterocycles. The number of hydrogen-bond donors (Lipinski definition) is 4. The van der Waals surface area contributed by atoms with E-state index in [1.54, 1.807) is 33.8 Å². The fourth-order valence-corrected chi connectivity index (χ4v) is 7.76. The van der Waals surface area contributed by atoms with Crippen molar-refractivity contribution in [2.45, 2.75) is 121 Å². The van der Waals surface area contributed by atoms with Gasteiger partial charge in [0.2, 0.25) is 21.8 Å². The number of alkyl carbamates (subject to hydrolysis) is 1. The van der Waals surface area contributed by atoms with Crippen molar-refractivity contribution in [1.29, 1.82) is 0 Å². The monoisotopic (exact) mass is 738 g/mol. The van der Waals surface area contributed by atoms with Gasteiger partial charge in [0.05, 0.1) is 16.3 Å². The number of fused-ring (bicyclic) bond motifs is 3. The summed E-state index contributed by atoms with van der Waals surface area (Å²) in [5, 5.41) is 8.40. The lowest BCUT2D eigenvalue weighted by atomic mass is 10.0. The minimum atomic E-state index is -4.02. The smallest absolute Gasteiger partial charge is 0.408 e. The second kappa shape index (κ2) is 15.6. The maximum atomic E-state index is 14.3. The van der Waals surface area contributed by atoms with Crippen LogP contribution in [0, 0.1) is 5.92 Å². The number of pyridine rings is 1. The van der Waals surface area contributed by atoms with Crippen molar-refractivity contribution in [2.75, 3.05) is 6.54 Å². The molecule has 6 atom stereocenters. The van der Waals surface area contributed by atoms with Crippen LogP contribution in [0.1, 0.15) is 96.3 Å². The van der Waals surface area contributed by atoms with Crippen LogP contribution in [0.2, 0.25) is 0 Å². The van der Waals surface area contributed by atoms with E-state index in [9.17, 15) is 32.4 Å². The first-order valence-corrected chi connectivity index (χ1v) is 19.6. The number of carbonyl (C=O) groups excluding carboxylic acids is 5. The van der Waals surface area contributed by atoms with E-state index in [0.29, 0.717) is 18.4 Å². The first-order chi connectivity index (χ1) is 24.5. The number of para-hydroxylation sites is 1. The third-order valence-electron chi connectivity index (χ3n) is 9.90. The van der Waals surface area contributed by atoms with Crippen molar-refractivity contribution < 1.29 is 37.1 Å². The van der Waals surface area contributed by atoms with Crippen molar-refractivity contribution >= 4 is 50.6 Å².